The van der Waals surface area contributed by atoms with Crippen molar-refractivity contribution in [2.24, 2.45) is 5.92 Å². The monoisotopic (exact) mass is 312 g/mol. The van der Waals surface area contributed by atoms with Gasteiger partial charge < -0.3 is 14.6 Å². The molecule has 1 aliphatic heterocycles. The zero-order chi connectivity index (χ0) is 16.2. The molecule has 0 aliphatic carbocycles. The van der Waals surface area contributed by atoms with Gasteiger partial charge in [0.1, 0.15) is 5.76 Å². The van der Waals surface area contributed by atoms with E-state index in [2.05, 4.69) is 5.32 Å². The van der Waals surface area contributed by atoms with Crippen LogP contribution in [-0.2, 0) is 22.7 Å². The molecule has 1 aromatic heterocycles. The number of benzene rings is 1. The maximum Gasteiger partial charge on any atom is 0.225 e. The summed E-state index contributed by atoms with van der Waals surface area (Å²) in [4.78, 5) is 26.0. The Morgan fingerprint density at radius 3 is 2.78 bits per heavy atom. The van der Waals surface area contributed by atoms with Crippen molar-refractivity contribution in [3.8, 4) is 0 Å². The molecule has 1 N–H and O–H groups in total. The molecule has 1 atom stereocenters. The number of carbonyl (C=O) groups is 2. The topological polar surface area (TPSA) is 62.6 Å². The van der Waals surface area contributed by atoms with Gasteiger partial charge in [-0.15, -0.1) is 0 Å². The second-order valence-corrected chi connectivity index (χ2v) is 5.96. The normalized spacial score (nSPS) is 17.5. The molecule has 1 aliphatic rings. The van der Waals surface area contributed by atoms with Crippen molar-refractivity contribution in [1.29, 1.82) is 0 Å². The predicted molar refractivity (Wildman–Crippen MR) is 85.3 cm³/mol. The summed E-state index contributed by atoms with van der Waals surface area (Å²) < 4.78 is 5.26. The number of hydrogen-bond acceptors (Lipinski definition) is 3. The lowest BCUT2D eigenvalue weighted by atomic mass is 10.1. The number of likely N-dealkylation sites (tertiary alicyclic amines) is 1. The summed E-state index contributed by atoms with van der Waals surface area (Å²) in [5, 5.41) is 2.92. The Morgan fingerprint density at radius 2 is 2.09 bits per heavy atom. The van der Waals surface area contributed by atoms with Crippen LogP contribution in [0.1, 0.15) is 23.3 Å². The van der Waals surface area contributed by atoms with Crippen LogP contribution in [0.4, 0.5) is 0 Å². The van der Waals surface area contributed by atoms with Crippen molar-refractivity contribution in [3.63, 3.8) is 0 Å². The van der Waals surface area contributed by atoms with Crippen LogP contribution in [0, 0.1) is 12.8 Å². The Labute approximate surface area is 135 Å². The van der Waals surface area contributed by atoms with Gasteiger partial charge in [-0.25, -0.2) is 0 Å². The molecule has 0 spiro atoms. The van der Waals surface area contributed by atoms with Gasteiger partial charge in [0, 0.05) is 19.5 Å². The maximum absolute atomic E-state index is 12.3. The number of hydrogen-bond donors (Lipinski definition) is 1. The highest BCUT2D eigenvalue weighted by molar-refractivity contribution is 5.89. The first kappa shape index (κ1) is 15.3. The molecule has 23 heavy (non-hydrogen) atoms. The predicted octanol–water partition coefficient (Wildman–Crippen LogP) is 2.25. The van der Waals surface area contributed by atoms with Crippen LogP contribution in [0.15, 0.2) is 47.1 Å². The minimum absolute atomic E-state index is 0.00288. The van der Waals surface area contributed by atoms with Crippen LogP contribution in [0.5, 0.6) is 0 Å². The van der Waals surface area contributed by atoms with Crippen LogP contribution < -0.4 is 5.32 Å². The second kappa shape index (κ2) is 6.69. The van der Waals surface area contributed by atoms with Gasteiger partial charge in [-0.1, -0.05) is 29.8 Å². The first-order valence-electron chi connectivity index (χ1n) is 7.75. The van der Waals surface area contributed by atoms with Crippen molar-refractivity contribution in [3.05, 3.63) is 59.5 Å². The van der Waals surface area contributed by atoms with Crippen LogP contribution in [-0.4, -0.2) is 23.3 Å². The maximum atomic E-state index is 12.3. The number of amides is 2. The van der Waals surface area contributed by atoms with Crippen molar-refractivity contribution < 1.29 is 14.0 Å². The Kier molecular flexibility index (Phi) is 4.46. The molecule has 2 amide bonds. The van der Waals surface area contributed by atoms with E-state index in [1.54, 1.807) is 17.2 Å². The van der Waals surface area contributed by atoms with Gasteiger partial charge in [0.25, 0.3) is 0 Å². The Hall–Kier alpha value is -2.56. The summed E-state index contributed by atoms with van der Waals surface area (Å²) in [6.07, 6.45) is 1.85. The van der Waals surface area contributed by atoms with Gasteiger partial charge in [-0.3, -0.25) is 9.59 Å². The minimum atomic E-state index is -0.289. The average Bonchev–Trinajstić information content (AvgIpc) is 3.17. The molecule has 1 fully saturated rings. The summed E-state index contributed by atoms with van der Waals surface area (Å²) in [5.41, 5.74) is 2.25. The molecule has 1 aromatic carbocycles. The van der Waals surface area contributed by atoms with Gasteiger partial charge in [-0.05, 0) is 24.6 Å². The van der Waals surface area contributed by atoms with Gasteiger partial charge in [0.05, 0.1) is 18.7 Å². The fraction of sp³-hybridized carbons (Fsp3) is 0.333. The molecule has 0 radical (unpaired) electrons. The van der Waals surface area contributed by atoms with E-state index < -0.39 is 0 Å². The molecule has 0 bridgehead atoms. The molecule has 2 heterocycles. The van der Waals surface area contributed by atoms with Crippen LogP contribution in [0.3, 0.4) is 0 Å². The third-order valence-electron chi connectivity index (χ3n) is 4.10. The van der Waals surface area contributed by atoms with E-state index in [-0.39, 0.29) is 24.2 Å². The first-order valence-corrected chi connectivity index (χ1v) is 7.75. The van der Waals surface area contributed by atoms with Crippen molar-refractivity contribution in [2.45, 2.75) is 26.4 Å². The van der Waals surface area contributed by atoms with Gasteiger partial charge >= 0.3 is 0 Å². The highest BCUT2D eigenvalue weighted by Gasteiger charge is 2.34. The van der Waals surface area contributed by atoms with E-state index in [0.717, 1.165) is 11.3 Å². The molecule has 5 nitrogen and oxygen atoms in total. The molecule has 0 unspecified atom stereocenters. The van der Waals surface area contributed by atoms with E-state index in [1.807, 2.05) is 37.3 Å². The van der Waals surface area contributed by atoms with Gasteiger partial charge in [0.15, 0.2) is 0 Å². The average molecular weight is 312 g/mol. The van der Waals surface area contributed by atoms with E-state index in [0.29, 0.717) is 19.6 Å². The van der Waals surface area contributed by atoms with Crippen molar-refractivity contribution >= 4 is 11.8 Å². The number of aryl methyl sites for hydroxylation is 1. The number of carbonyl (C=O) groups excluding carboxylic acids is 2. The number of rotatable bonds is 5. The van der Waals surface area contributed by atoms with E-state index in [4.69, 9.17) is 4.42 Å². The number of furan rings is 1. The summed E-state index contributed by atoms with van der Waals surface area (Å²) in [7, 11) is 0. The SMILES string of the molecule is Cc1ccc(CNC(=O)[C@H]2CC(=O)N(Cc3ccco3)C2)cc1. The number of nitrogens with zero attached hydrogens (tertiary/aromatic N) is 1. The molecule has 1 saturated heterocycles. The summed E-state index contributed by atoms with van der Waals surface area (Å²) in [6, 6.07) is 11.7. The first-order chi connectivity index (χ1) is 11.1. The lowest BCUT2D eigenvalue weighted by Gasteiger charge is -2.15. The molecule has 2 aromatic rings. The quantitative estimate of drug-likeness (QED) is 0.921. The third kappa shape index (κ3) is 3.80. The fourth-order valence-electron chi connectivity index (χ4n) is 2.73. The van der Waals surface area contributed by atoms with Gasteiger partial charge in [0.2, 0.25) is 11.8 Å². The largest absolute Gasteiger partial charge is 0.467 e. The highest BCUT2D eigenvalue weighted by atomic mass is 16.3. The van der Waals surface area contributed by atoms with Crippen molar-refractivity contribution in [1.82, 2.24) is 10.2 Å². The fourth-order valence-corrected chi connectivity index (χ4v) is 2.73. The smallest absolute Gasteiger partial charge is 0.225 e. The second-order valence-electron chi connectivity index (χ2n) is 5.96. The standard InChI is InChI=1S/C18H20N2O3/c1-13-4-6-14(7-5-13)10-19-18(22)15-9-17(21)20(11-15)12-16-3-2-8-23-16/h2-8,15H,9-12H2,1H3,(H,19,22)/t15-/m0/s1. The van der Waals surface area contributed by atoms with Crippen LogP contribution in [0.2, 0.25) is 0 Å². The summed E-state index contributed by atoms with van der Waals surface area (Å²) >= 11 is 0. The molecule has 0 saturated carbocycles. The molecule has 5 heteroatoms. The zero-order valence-corrected chi connectivity index (χ0v) is 13.1. The van der Waals surface area contributed by atoms with Crippen LogP contribution >= 0.6 is 0 Å². The van der Waals surface area contributed by atoms with Gasteiger partial charge in [-0.2, -0.15) is 0 Å². The Balaban J connectivity index is 1.52. The van der Waals surface area contributed by atoms with Crippen molar-refractivity contribution in [2.75, 3.05) is 6.54 Å². The molecule has 120 valence electrons. The number of nitrogens with one attached hydrogen (secondary N) is 1. The molecule has 3 rings (SSSR count). The Morgan fingerprint density at radius 1 is 1.30 bits per heavy atom. The summed E-state index contributed by atoms with van der Waals surface area (Å²) in [5.74, 6) is 0.375. The highest BCUT2D eigenvalue weighted by Crippen LogP contribution is 2.20. The van der Waals surface area contributed by atoms with Crippen LogP contribution in [0.25, 0.3) is 0 Å². The van der Waals surface area contributed by atoms with E-state index in [9.17, 15) is 9.59 Å². The minimum Gasteiger partial charge on any atom is -0.467 e. The van der Waals surface area contributed by atoms with E-state index in [1.165, 1.54) is 5.56 Å². The van der Waals surface area contributed by atoms with E-state index >= 15 is 0 Å². The molecular weight excluding hydrogens is 292 g/mol. The lowest BCUT2D eigenvalue weighted by Crippen LogP contribution is -2.32. The third-order valence-corrected chi connectivity index (χ3v) is 4.10. The Bertz CT molecular complexity index is 677. The summed E-state index contributed by atoms with van der Waals surface area (Å²) in [6.45, 7) is 3.38. The molecular formula is C18H20N2O3. The lowest BCUT2D eigenvalue weighted by molar-refractivity contribution is -0.129. The zero-order valence-electron chi connectivity index (χ0n) is 13.1.